The van der Waals surface area contributed by atoms with E-state index in [0.29, 0.717) is 18.7 Å². The van der Waals surface area contributed by atoms with E-state index < -0.39 is 0 Å². The lowest BCUT2D eigenvalue weighted by Gasteiger charge is -2.02. The molecule has 1 rings (SSSR count). The van der Waals surface area contributed by atoms with E-state index in [1.807, 2.05) is 0 Å². The second kappa shape index (κ2) is 4.33. The number of rotatable bonds is 3. The summed E-state index contributed by atoms with van der Waals surface area (Å²) in [5.74, 6) is 0. The number of aryl methyl sites for hydroxylation is 1. The number of azide groups is 1. The molecule has 0 spiro atoms. The minimum atomic E-state index is -0.0318. The van der Waals surface area contributed by atoms with Gasteiger partial charge in [0.1, 0.15) is 0 Å². The molecule has 5 heteroatoms. The van der Waals surface area contributed by atoms with Crippen molar-refractivity contribution in [1.29, 1.82) is 0 Å². The number of nitrogens with zero attached hydrogens (tertiary/aromatic N) is 4. The summed E-state index contributed by atoms with van der Waals surface area (Å²) < 4.78 is 1.53. The Balaban J connectivity index is 2.83. The highest BCUT2D eigenvalue weighted by atomic mass is 16.1. The first kappa shape index (κ1) is 9.35. The van der Waals surface area contributed by atoms with Crippen molar-refractivity contribution in [3.63, 3.8) is 0 Å². The van der Waals surface area contributed by atoms with Crippen LogP contribution in [-0.4, -0.2) is 11.1 Å². The van der Waals surface area contributed by atoms with Crippen LogP contribution in [0, 0.1) is 6.92 Å². The third-order valence-electron chi connectivity index (χ3n) is 1.71. The van der Waals surface area contributed by atoms with Gasteiger partial charge in [-0.15, -0.1) is 0 Å². The monoisotopic (exact) mass is 178 g/mol. The SMILES string of the molecule is Cc1cccn(CCN=[N+]=[N-])c1=O. The molecule has 0 aliphatic carbocycles. The van der Waals surface area contributed by atoms with Gasteiger partial charge in [-0.05, 0) is 18.5 Å². The third-order valence-corrected chi connectivity index (χ3v) is 1.71. The predicted molar refractivity (Wildman–Crippen MR) is 49.5 cm³/mol. The van der Waals surface area contributed by atoms with Gasteiger partial charge < -0.3 is 4.57 Å². The lowest BCUT2D eigenvalue weighted by atomic mass is 10.3. The van der Waals surface area contributed by atoms with E-state index in [0.717, 1.165) is 0 Å². The first-order valence-corrected chi connectivity index (χ1v) is 3.92. The van der Waals surface area contributed by atoms with Crippen molar-refractivity contribution in [2.75, 3.05) is 6.54 Å². The summed E-state index contributed by atoms with van der Waals surface area (Å²) in [6.07, 6.45) is 1.68. The van der Waals surface area contributed by atoms with Crippen molar-refractivity contribution in [3.8, 4) is 0 Å². The van der Waals surface area contributed by atoms with E-state index in [1.165, 1.54) is 4.57 Å². The van der Waals surface area contributed by atoms with E-state index >= 15 is 0 Å². The van der Waals surface area contributed by atoms with E-state index in [4.69, 9.17) is 5.53 Å². The molecule has 1 aromatic heterocycles. The maximum atomic E-state index is 11.4. The summed E-state index contributed by atoms with van der Waals surface area (Å²) in [6, 6.07) is 3.55. The van der Waals surface area contributed by atoms with Crippen LogP contribution < -0.4 is 5.56 Å². The average Bonchev–Trinajstić information content (AvgIpc) is 2.13. The van der Waals surface area contributed by atoms with Gasteiger partial charge in [-0.1, -0.05) is 11.2 Å². The van der Waals surface area contributed by atoms with Gasteiger partial charge >= 0.3 is 0 Å². The van der Waals surface area contributed by atoms with Crippen LogP contribution in [-0.2, 0) is 6.54 Å². The molecule has 0 bridgehead atoms. The minimum Gasteiger partial charge on any atom is -0.315 e. The fraction of sp³-hybridized carbons (Fsp3) is 0.375. The molecule has 0 aliphatic heterocycles. The van der Waals surface area contributed by atoms with Gasteiger partial charge in [0.05, 0.1) is 0 Å². The van der Waals surface area contributed by atoms with Gasteiger partial charge in [0, 0.05) is 29.8 Å². The van der Waals surface area contributed by atoms with Crippen molar-refractivity contribution in [2.45, 2.75) is 13.5 Å². The molecule has 1 aromatic rings. The quantitative estimate of drug-likeness (QED) is 0.392. The fourth-order valence-electron chi connectivity index (χ4n) is 1.03. The van der Waals surface area contributed by atoms with Gasteiger partial charge in [-0.3, -0.25) is 4.79 Å². The average molecular weight is 178 g/mol. The Morgan fingerprint density at radius 3 is 3.15 bits per heavy atom. The maximum absolute atomic E-state index is 11.4. The van der Waals surface area contributed by atoms with Crippen LogP contribution in [0.3, 0.4) is 0 Å². The second-order valence-corrected chi connectivity index (χ2v) is 2.64. The topological polar surface area (TPSA) is 70.8 Å². The van der Waals surface area contributed by atoms with E-state index in [1.54, 1.807) is 25.3 Å². The van der Waals surface area contributed by atoms with Crippen LogP contribution in [0.2, 0.25) is 0 Å². The normalized spacial score (nSPS) is 9.31. The van der Waals surface area contributed by atoms with Crippen molar-refractivity contribution < 1.29 is 0 Å². The smallest absolute Gasteiger partial charge is 0.253 e. The van der Waals surface area contributed by atoms with Crippen molar-refractivity contribution in [1.82, 2.24) is 4.57 Å². The van der Waals surface area contributed by atoms with Crippen molar-refractivity contribution in [2.24, 2.45) is 5.11 Å². The molecule has 0 fully saturated rings. The summed E-state index contributed by atoms with van der Waals surface area (Å²) >= 11 is 0. The molecule has 0 amide bonds. The number of aromatic nitrogens is 1. The van der Waals surface area contributed by atoms with Crippen LogP contribution in [0.4, 0.5) is 0 Å². The Morgan fingerprint density at radius 1 is 1.69 bits per heavy atom. The highest BCUT2D eigenvalue weighted by Crippen LogP contribution is 1.89. The number of hydrogen-bond donors (Lipinski definition) is 0. The summed E-state index contributed by atoms with van der Waals surface area (Å²) in [5, 5.41) is 3.36. The summed E-state index contributed by atoms with van der Waals surface area (Å²) in [7, 11) is 0. The zero-order valence-electron chi connectivity index (χ0n) is 7.34. The van der Waals surface area contributed by atoms with Crippen molar-refractivity contribution >= 4 is 0 Å². The number of hydrogen-bond acceptors (Lipinski definition) is 2. The lowest BCUT2D eigenvalue weighted by molar-refractivity contribution is 0.674. The Bertz CT molecular complexity index is 389. The van der Waals surface area contributed by atoms with Crippen LogP contribution in [0.15, 0.2) is 28.2 Å². The molecule has 1 heterocycles. The molecule has 0 atom stereocenters. The molecule has 0 aliphatic rings. The summed E-state index contributed by atoms with van der Waals surface area (Å²) in [6.45, 7) is 2.50. The van der Waals surface area contributed by atoms with Crippen LogP contribution in [0.1, 0.15) is 5.56 Å². The van der Waals surface area contributed by atoms with Crippen LogP contribution in [0.5, 0.6) is 0 Å². The molecule has 0 aromatic carbocycles. The molecule has 0 saturated carbocycles. The first-order valence-electron chi connectivity index (χ1n) is 3.92. The van der Waals surface area contributed by atoms with Gasteiger partial charge in [0.15, 0.2) is 0 Å². The second-order valence-electron chi connectivity index (χ2n) is 2.64. The van der Waals surface area contributed by atoms with Gasteiger partial charge in [0.25, 0.3) is 5.56 Å². The highest BCUT2D eigenvalue weighted by Gasteiger charge is 1.96. The summed E-state index contributed by atoms with van der Waals surface area (Å²) in [4.78, 5) is 14.0. The highest BCUT2D eigenvalue weighted by molar-refractivity contribution is 5.07. The van der Waals surface area contributed by atoms with Crippen molar-refractivity contribution in [3.05, 3.63) is 44.7 Å². The van der Waals surface area contributed by atoms with Gasteiger partial charge in [-0.2, -0.15) is 0 Å². The van der Waals surface area contributed by atoms with E-state index in [2.05, 4.69) is 10.0 Å². The van der Waals surface area contributed by atoms with Gasteiger partial charge in [-0.25, -0.2) is 0 Å². The van der Waals surface area contributed by atoms with Gasteiger partial charge in [0.2, 0.25) is 0 Å². The zero-order chi connectivity index (χ0) is 9.68. The molecule has 0 N–H and O–H groups in total. The van der Waals surface area contributed by atoms with E-state index in [9.17, 15) is 4.79 Å². The Labute approximate surface area is 75.3 Å². The standard InChI is InChI=1S/C8H10N4O/c1-7-3-2-5-12(8(7)13)6-4-10-11-9/h2-3,5H,4,6H2,1H3. The van der Waals surface area contributed by atoms with Crippen LogP contribution in [0.25, 0.3) is 10.4 Å². The zero-order valence-corrected chi connectivity index (χ0v) is 7.34. The molecular formula is C8H10N4O. The largest absolute Gasteiger partial charge is 0.315 e. The number of pyridine rings is 1. The predicted octanol–water partition coefficient (Wildman–Crippen LogP) is 1.47. The molecule has 0 radical (unpaired) electrons. The Kier molecular flexibility index (Phi) is 3.11. The lowest BCUT2D eigenvalue weighted by Crippen LogP contribution is -2.22. The Morgan fingerprint density at radius 2 is 2.46 bits per heavy atom. The minimum absolute atomic E-state index is 0.0318. The third kappa shape index (κ3) is 2.35. The molecular weight excluding hydrogens is 168 g/mol. The molecule has 13 heavy (non-hydrogen) atoms. The molecule has 0 saturated heterocycles. The first-order chi connectivity index (χ1) is 6.25. The maximum Gasteiger partial charge on any atom is 0.253 e. The summed E-state index contributed by atoms with van der Waals surface area (Å²) in [5.41, 5.74) is 8.70. The van der Waals surface area contributed by atoms with E-state index in [-0.39, 0.29) is 5.56 Å². The molecule has 68 valence electrons. The molecule has 0 unspecified atom stereocenters. The fourth-order valence-corrected chi connectivity index (χ4v) is 1.03. The Hall–Kier alpha value is -1.74. The van der Waals surface area contributed by atoms with Crippen LogP contribution >= 0.6 is 0 Å². The molecule has 5 nitrogen and oxygen atoms in total.